The summed E-state index contributed by atoms with van der Waals surface area (Å²) in [6.45, 7) is 8.98. The number of rotatable bonds is 2. The molecule has 0 heterocycles. The standard InChI is InChI=1S/C22H36O2/c1-5-22(23)13-12-20(2)15(14-22)6-7-16-17-8-9-19(24-4)21(17,3)11-10-18(16)20/h5,15-19,23H,1,6-14H2,2-4H3/t15?,16?,17?,18?,19-,20-,21-,22+/m0/s1. The molecular weight excluding hydrogens is 296 g/mol. The van der Waals surface area contributed by atoms with Crippen molar-refractivity contribution in [3.05, 3.63) is 12.7 Å². The average Bonchev–Trinajstić information content (AvgIpc) is 2.92. The minimum absolute atomic E-state index is 0.412. The predicted octanol–water partition coefficient (Wildman–Crippen LogP) is 4.96. The SMILES string of the molecule is C=C[C@@]1(O)CC[C@@]2(C)C(CCC3C2CC[C@@]2(C)C3CC[C@@H]2OC)C1. The highest BCUT2D eigenvalue weighted by molar-refractivity contribution is 5.12. The molecule has 136 valence electrons. The van der Waals surface area contributed by atoms with Crippen LogP contribution in [0.25, 0.3) is 0 Å². The van der Waals surface area contributed by atoms with E-state index in [9.17, 15) is 5.11 Å². The predicted molar refractivity (Wildman–Crippen MR) is 97.7 cm³/mol. The van der Waals surface area contributed by atoms with Gasteiger partial charge < -0.3 is 9.84 Å². The summed E-state index contributed by atoms with van der Waals surface area (Å²) >= 11 is 0. The van der Waals surface area contributed by atoms with Gasteiger partial charge in [0.1, 0.15) is 0 Å². The molecule has 4 rings (SSSR count). The lowest BCUT2D eigenvalue weighted by atomic mass is 9.44. The summed E-state index contributed by atoms with van der Waals surface area (Å²) in [5, 5.41) is 10.8. The van der Waals surface area contributed by atoms with Gasteiger partial charge in [-0.05, 0) is 92.3 Å². The first-order valence-corrected chi connectivity index (χ1v) is 10.2. The normalized spacial score (nSPS) is 56.9. The molecule has 2 nitrogen and oxygen atoms in total. The van der Waals surface area contributed by atoms with Gasteiger partial charge in [0.2, 0.25) is 0 Å². The number of aliphatic hydroxyl groups is 1. The van der Waals surface area contributed by atoms with E-state index < -0.39 is 5.60 Å². The highest BCUT2D eigenvalue weighted by Crippen LogP contribution is 2.67. The Morgan fingerprint density at radius 1 is 0.958 bits per heavy atom. The first kappa shape index (κ1) is 17.1. The number of ether oxygens (including phenoxy) is 1. The maximum absolute atomic E-state index is 10.8. The van der Waals surface area contributed by atoms with Gasteiger partial charge in [-0.3, -0.25) is 0 Å². The van der Waals surface area contributed by atoms with Crippen LogP contribution in [0.1, 0.15) is 71.6 Å². The summed E-state index contributed by atoms with van der Waals surface area (Å²) in [6, 6.07) is 0. The highest BCUT2D eigenvalue weighted by Gasteiger charge is 2.61. The third-order valence-electron chi connectivity index (χ3n) is 9.34. The van der Waals surface area contributed by atoms with Crippen LogP contribution < -0.4 is 0 Å². The van der Waals surface area contributed by atoms with Crippen molar-refractivity contribution in [1.82, 2.24) is 0 Å². The third-order valence-corrected chi connectivity index (χ3v) is 9.34. The monoisotopic (exact) mass is 332 g/mol. The minimum Gasteiger partial charge on any atom is -0.386 e. The van der Waals surface area contributed by atoms with E-state index in [0.717, 1.165) is 30.6 Å². The van der Waals surface area contributed by atoms with E-state index in [1.165, 1.54) is 44.9 Å². The van der Waals surface area contributed by atoms with Gasteiger partial charge in [-0.15, -0.1) is 6.58 Å². The summed E-state index contributed by atoms with van der Waals surface area (Å²) in [5.41, 5.74) is 0.245. The Balaban J connectivity index is 1.59. The molecule has 0 radical (unpaired) electrons. The van der Waals surface area contributed by atoms with E-state index in [0.29, 0.717) is 22.9 Å². The zero-order valence-corrected chi connectivity index (χ0v) is 15.9. The van der Waals surface area contributed by atoms with Crippen molar-refractivity contribution in [3.63, 3.8) is 0 Å². The van der Waals surface area contributed by atoms with Crippen molar-refractivity contribution in [3.8, 4) is 0 Å². The molecule has 8 atom stereocenters. The van der Waals surface area contributed by atoms with Gasteiger partial charge in [0, 0.05) is 7.11 Å². The molecule has 0 spiro atoms. The molecule has 4 aliphatic rings. The number of methoxy groups -OCH3 is 1. The molecule has 0 saturated heterocycles. The van der Waals surface area contributed by atoms with Crippen molar-refractivity contribution in [2.75, 3.05) is 7.11 Å². The van der Waals surface area contributed by atoms with Crippen LogP contribution in [0.15, 0.2) is 12.7 Å². The smallest absolute Gasteiger partial charge is 0.0828 e. The van der Waals surface area contributed by atoms with Crippen LogP contribution in [0.5, 0.6) is 0 Å². The first-order valence-electron chi connectivity index (χ1n) is 10.2. The van der Waals surface area contributed by atoms with Gasteiger partial charge in [-0.1, -0.05) is 19.9 Å². The minimum atomic E-state index is -0.602. The van der Waals surface area contributed by atoms with Gasteiger partial charge in [0.05, 0.1) is 11.7 Å². The van der Waals surface area contributed by atoms with Crippen LogP contribution in [0.2, 0.25) is 0 Å². The van der Waals surface area contributed by atoms with Crippen molar-refractivity contribution in [2.45, 2.75) is 83.3 Å². The van der Waals surface area contributed by atoms with E-state index in [1.54, 1.807) is 0 Å². The maximum Gasteiger partial charge on any atom is 0.0828 e. The van der Waals surface area contributed by atoms with Crippen LogP contribution in [0, 0.1) is 34.5 Å². The Hall–Kier alpha value is -0.340. The van der Waals surface area contributed by atoms with E-state index in [4.69, 9.17) is 4.74 Å². The number of fused-ring (bicyclic) bond motifs is 5. The van der Waals surface area contributed by atoms with Gasteiger partial charge in [0.25, 0.3) is 0 Å². The molecule has 0 bridgehead atoms. The Labute approximate surface area is 148 Å². The Morgan fingerprint density at radius 2 is 1.71 bits per heavy atom. The topological polar surface area (TPSA) is 29.5 Å². The summed E-state index contributed by atoms with van der Waals surface area (Å²) < 4.78 is 5.89. The number of hydrogen-bond acceptors (Lipinski definition) is 2. The van der Waals surface area contributed by atoms with Crippen LogP contribution in [0.3, 0.4) is 0 Å². The van der Waals surface area contributed by atoms with Gasteiger partial charge in [-0.2, -0.15) is 0 Å². The lowest BCUT2D eigenvalue weighted by Gasteiger charge is -2.61. The van der Waals surface area contributed by atoms with E-state index in [2.05, 4.69) is 20.4 Å². The Morgan fingerprint density at radius 3 is 2.42 bits per heavy atom. The molecule has 0 aliphatic heterocycles. The van der Waals surface area contributed by atoms with E-state index in [-0.39, 0.29) is 0 Å². The molecule has 0 aromatic rings. The second-order valence-corrected chi connectivity index (χ2v) is 10.0. The summed E-state index contributed by atoms with van der Waals surface area (Å²) in [7, 11) is 1.92. The summed E-state index contributed by atoms with van der Waals surface area (Å²) in [6.07, 6.45) is 13.3. The van der Waals surface area contributed by atoms with Gasteiger partial charge >= 0.3 is 0 Å². The fourth-order valence-electron chi connectivity index (χ4n) is 7.80. The van der Waals surface area contributed by atoms with Gasteiger partial charge in [-0.25, -0.2) is 0 Å². The second-order valence-electron chi connectivity index (χ2n) is 10.0. The molecular formula is C22H36O2. The molecule has 4 aliphatic carbocycles. The van der Waals surface area contributed by atoms with E-state index in [1.807, 2.05) is 13.2 Å². The van der Waals surface area contributed by atoms with Crippen molar-refractivity contribution >= 4 is 0 Å². The zero-order chi connectivity index (χ0) is 17.2. The highest BCUT2D eigenvalue weighted by atomic mass is 16.5. The lowest BCUT2D eigenvalue weighted by Crippen LogP contribution is -2.56. The van der Waals surface area contributed by atoms with Gasteiger partial charge in [0.15, 0.2) is 0 Å². The molecule has 0 aromatic heterocycles. The molecule has 2 heteroatoms. The zero-order valence-electron chi connectivity index (χ0n) is 15.9. The summed E-state index contributed by atoms with van der Waals surface area (Å²) in [5.74, 6) is 3.29. The lowest BCUT2D eigenvalue weighted by molar-refractivity contribution is -0.147. The fraction of sp³-hybridized carbons (Fsp3) is 0.909. The van der Waals surface area contributed by atoms with Crippen LogP contribution in [0.4, 0.5) is 0 Å². The molecule has 4 unspecified atom stereocenters. The van der Waals surface area contributed by atoms with Crippen LogP contribution >= 0.6 is 0 Å². The third kappa shape index (κ3) is 2.21. The number of hydrogen-bond donors (Lipinski definition) is 1. The largest absolute Gasteiger partial charge is 0.386 e. The quantitative estimate of drug-likeness (QED) is 0.724. The van der Waals surface area contributed by atoms with Crippen LogP contribution in [-0.4, -0.2) is 23.9 Å². The molecule has 0 aromatic carbocycles. The van der Waals surface area contributed by atoms with Crippen molar-refractivity contribution in [2.24, 2.45) is 34.5 Å². The molecule has 24 heavy (non-hydrogen) atoms. The summed E-state index contributed by atoms with van der Waals surface area (Å²) in [4.78, 5) is 0. The molecule has 0 amide bonds. The van der Waals surface area contributed by atoms with E-state index >= 15 is 0 Å². The van der Waals surface area contributed by atoms with Crippen molar-refractivity contribution in [1.29, 1.82) is 0 Å². The molecule has 1 N–H and O–H groups in total. The molecule has 4 fully saturated rings. The fourth-order valence-corrected chi connectivity index (χ4v) is 7.80. The average molecular weight is 333 g/mol. The Kier molecular flexibility index (Phi) is 3.97. The molecule has 4 saturated carbocycles. The maximum atomic E-state index is 10.8. The van der Waals surface area contributed by atoms with Crippen molar-refractivity contribution < 1.29 is 9.84 Å². The Bertz CT molecular complexity index is 516. The van der Waals surface area contributed by atoms with Crippen LogP contribution in [-0.2, 0) is 4.74 Å². The second kappa shape index (κ2) is 5.58. The first-order chi connectivity index (χ1) is 11.4.